The van der Waals surface area contributed by atoms with Crippen LogP contribution in [-0.4, -0.2) is 35.8 Å². The Balaban J connectivity index is 1.83. The second-order valence-corrected chi connectivity index (χ2v) is 6.07. The number of benzene rings is 1. The Bertz CT molecular complexity index is 504. The second kappa shape index (κ2) is 7.34. The van der Waals surface area contributed by atoms with Gasteiger partial charge in [0.05, 0.1) is 22.8 Å². The summed E-state index contributed by atoms with van der Waals surface area (Å²) in [7, 11) is 0. The van der Waals surface area contributed by atoms with Gasteiger partial charge in [-0.15, -0.1) is 0 Å². The van der Waals surface area contributed by atoms with Crippen LogP contribution in [0.1, 0.15) is 31.4 Å². The minimum atomic E-state index is -0.653. The van der Waals surface area contributed by atoms with Crippen LogP contribution in [-0.2, 0) is 4.74 Å². The summed E-state index contributed by atoms with van der Waals surface area (Å²) in [5.41, 5.74) is 0.716. The molecule has 0 saturated carbocycles. The van der Waals surface area contributed by atoms with E-state index in [-0.39, 0.29) is 12.0 Å². The molecule has 1 aromatic carbocycles. The first-order chi connectivity index (χ1) is 10.0. The van der Waals surface area contributed by atoms with E-state index in [4.69, 9.17) is 27.9 Å². The van der Waals surface area contributed by atoms with Crippen LogP contribution in [0, 0.1) is 5.92 Å². The van der Waals surface area contributed by atoms with Gasteiger partial charge in [-0.3, -0.25) is 0 Å². The van der Waals surface area contributed by atoms with Gasteiger partial charge in [0.25, 0.3) is 0 Å². The van der Waals surface area contributed by atoms with E-state index < -0.39 is 6.10 Å². The molecular formula is C15H19Cl2NO3. The average molecular weight is 332 g/mol. The molecule has 0 aromatic heterocycles. The molecule has 1 aromatic rings. The molecule has 0 bridgehead atoms. The molecule has 1 unspecified atom stereocenters. The van der Waals surface area contributed by atoms with Gasteiger partial charge in [0, 0.05) is 19.0 Å². The number of hydrogen-bond donors (Lipinski definition) is 1. The van der Waals surface area contributed by atoms with E-state index in [9.17, 15) is 9.90 Å². The van der Waals surface area contributed by atoms with E-state index in [1.54, 1.807) is 23.1 Å². The zero-order valence-electron chi connectivity index (χ0n) is 11.9. The van der Waals surface area contributed by atoms with E-state index in [1.807, 2.05) is 6.92 Å². The first-order valence-corrected chi connectivity index (χ1v) is 7.83. The van der Waals surface area contributed by atoms with Gasteiger partial charge in [0.15, 0.2) is 0 Å². The maximum atomic E-state index is 11.7. The summed E-state index contributed by atoms with van der Waals surface area (Å²) in [5, 5.41) is 11.2. The van der Waals surface area contributed by atoms with E-state index >= 15 is 0 Å². The second-order valence-electron chi connectivity index (χ2n) is 5.25. The van der Waals surface area contributed by atoms with Crippen molar-refractivity contribution < 1.29 is 14.6 Å². The maximum absolute atomic E-state index is 11.7. The largest absolute Gasteiger partial charge is 0.449 e. The van der Waals surface area contributed by atoms with Crippen LogP contribution >= 0.6 is 23.2 Å². The van der Waals surface area contributed by atoms with E-state index in [0.29, 0.717) is 35.3 Å². The van der Waals surface area contributed by atoms with Crippen molar-refractivity contribution in [2.45, 2.75) is 25.9 Å². The van der Waals surface area contributed by atoms with E-state index in [0.717, 1.165) is 12.8 Å². The third kappa shape index (κ3) is 4.02. The molecule has 116 valence electrons. The first kappa shape index (κ1) is 16.4. The quantitative estimate of drug-likeness (QED) is 0.832. The monoisotopic (exact) mass is 331 g/mol. The van der Waals surface area contributed by atoms with Crippen molar-refractivity contribution in [1.29, 1.82) is 0 Å². The molecule has 0 spiro atoms. The molecule has 21 heavy (non-hydrogen) atoms. The fraction of sp³-hybridized carbons (Fsp3) is 0.533. The molecule has 1 aliphatic rings. The Morgan fingerprint density at radius 2 is 2.14 bits per heavy atom. The molecule has 1 atom stereocenters. The number of aliphatic hydroxyl groups is 1. The Morgan fingerprint density at radius 3 is 2.76 bits per heavy atom. The number of carbonyl (C=O) groups is 1. The van der Waals surface area contributed by atoms with Crippen LogP contribution in [0.4, 0.5) is 4.79 Å². The Kier molecular flexibility index (Phi) is 5.73. The van der Waals surface area contributed by atoms with Crippen molar-refractivity contribution in [3.8, 4) is 0 Å². The zero-order valence-corrected chi connectivity index (χ0v) is 13.4. The summed E-state index contributed by atoms with van der Waals surface area (Å²) in [6.07, 6.45) is 0.904. The van der Waals surface area contributed by atoms with Crippen molar-refractivity contribution in [2.24, 2.45) is 5.92 Å². The van der Waals surface area contributed by atoms with E-state index in [1.165, 1.54) is 0 Å². The highest BCUT2D eigenvalue weighted by Crippen LogP contribution is 2.33. The Labute approximate surface area is 134 Å². The van der Waals surface area contributed by atoms with Gasteiger partial charge in [-0.25, -0.2) is 4.79 Å². The molecular weight excluding hydrogens is 313 g/mol. The molecule has 1 saturated heterocycles. The van der Waals surface area contributed by atoms with Gasteiger partial charge in [-0.05, 0) is 24.1 Å². The zero-order chi connectivity index (χ0) is 15.4. The minimum Gasteiger partial charge on any atom is -0.449 e. The number of halogens is 2. The summed E-state index contributed by atoms with van der Waals surface area (Å²) in [5.74, 6) is 0.000896. The summed E-state index contributed by atoms with van der Waals surface area (Å²) in [6.45, 7) is 3.48. The molecule has 6 heteroatoms. The first-order valence-electron chi connectivity index (χ1n) is 7.07. The van der Waals surface area contributed by atoms with Crippen molar-refractivity contribution in [3.05, 3.63) is 33.8 Å². The molecule has 1 aliphatic heterocycles. The van der Waals surface area contributed by atoms with Crippen LogP contribution in [0.2, 0.25) is 10.0 Å². The lowest BCUT2D eigenvalue weighted by atomic mass is 9.89. The summed E-state index contributed by atoms with van der Waals surface area (Å²) >= 11 is 11.8. The van der Waals surface area contributed by atoms with Gasteiger partial charge in [0.1, 0.15) is 0 Å². The number of amides is 1. The smallest absolute Gasteiger partial charge is 0.409 e. The number of likely N-dealkylation sites (tertiary alicyclic amines) is 1. The Hall–Kier alpha value is -0.970. The Morgan fingerprint density at radius 1 is 1.43 bits per heavy atom. The van der Waals surface area contributed by atoms with Gasteiger partial charge in [0.2, 0.25) is 0 Å². The fourth-order valence-corrected chi connectivity index (χ4v) is 2.53. The maximum Gasteiger partial charge on any atom is 0.409 e. The molecule has 4 nitrogen and oxygen atoms in total. The lowest BCUT2D eigenvalue weighted by Gasteiger charge is -2.40. The van der Waals surface area contributed by atoms with Crippen molar-refractivity contribution >= 4 is 29.3 Å². The van der Waals surface area contributed by atoms with Crippen LogP contribution < -0.4 is 0 Å². The number of hydrogen-bond acceptors (Lipinski definition) is 3. The van der Waals surface area contributed by atoms with Crippen LogP contribution in [0.25, 0.3) is 0 Å². The highest BCUT2D eigenvalue weighted by molar-refractivity contribution is 6.42. The van der Waals surface area contributed by atoms with Crippen LogP contribution in [0.3, 0.4) is 0 Å². The third-order valence-corrected chi connectivity index (χ3v) is 4.36. The normalized spacial score (nSPS) is 16.5. The van der Waals surface area contributed by atoms with Crippen LogP contribution in [0.5, 0.6) is 0 Å². The van der Waals surface area contributed by atoms with Gasteiger partial charge in [-0.1, -0.05) is 42.6 Å². The van der Waals surface area contributed by atoms with Crippen molar-refractivity contribution in [1.82, 2.24) is 4.90 Å². The highest BCUT2D eigenvalue weighted by atomic mass is 35.5. The predicted octanol–water partition coefficient (Wildman–Crippen LogP) is 3.90. The standard InChI is InChI=1S/C15H19Cl2NO3/c1-2-3-6-21-15(20)18-8-11(9-18)14(19)10-4-5-12(16)13(17)7-10/h4-5,7,11,14,19H,2-3,6,8-9H2,1H3. The number of carbonyl (C=O) groups excluding carboxylic acids is 1. The lowest BCUT2D eigenvalue weighted by molar-refractivity contribution is -0.00697. The molecule has 2 rings (SSSR count). The minimum absolute atomic E-state index is 0.000896. The third-order valence-electron chi connectivity index (χ3n) is 3.62. The predicted molar refractivity (Wildman–Crippen MR) is 82.7 cm³/mol. The summed E-state index contributed by atoms with van der Waals surface area (Å²) in [6, 6.07) is 5.08. The number of ether oxygens (including phenoxy) is 1. The molecule has 0 radical (unpaired) electrons. The summed E-state index contributed by atoms with van der Waals surface area (Å²) in [4.78, 5) is 13.3. The number of rotatable bonds is 5. The van der Waals surface area contributed by atoms with Gasteiger partial charge >= 0.3 is 6.09 Å². The van der Waals surface area contributed by atoms with E-state index in [2.05, 4.69) is 0 Å². The SMILES string of the molecule is CCCCOC(=O)N1CC(C(O)c2ccc(Cl)c(Cl)c2)C1. The van der Waals surface area contributed by atoms with Crippen LogP contribution in [0.15, 0.2) is 18.2 Å². The van der Waals surface area contributed by atoms with Gasteiger partial charge in [-0.2, -0.15) is 0 Å². The molecule has 1 fully saturated rings. The number of aliphatic hydroxyl groups excluding tert-OH is 1. The number of unbranched alkanes of at least 4 members (excludes halogenated alkanes) is 1. The van der Waals surface area contributed by atoms with Gasteiger partial charge < -0.3 is 14.7 Å². The number of nitrogens with zero attached hydrogens (tertiary/aromatic N) is 1. The van der Waals surface area contributed by atoms with Crippen molar-refractivity contribution in [2.75, 3.05) is 19.7 Å². The highest BCUT2D eigenvalue weighted by Gasteiger charge is 2.37. The molecule has 0 aliphatic carbocycles. The molecule has 1 heterocycles. The topological polar surface area (TPSA) is 49.8 Å². The average Bonchev–Trinajstić information content (AvgIpc) is 2.40. The fourth-order valence-electron chi connectivity index (χ4n) is 2.23. The molecule has 1 amide bonds. The summed E-state index contributed by atoms with van der Waals surface area (Å²) < 4.78 is 5.12. The molecule has 1 N–H and O–H groups in total. The van der Waals surface area contributed by atoms with Crippen molar-refractivity contribution in [3.63, 3.8) is 0 Å². The lowest BCUT2D eigenvalue weighted by Crippen LogP contribution is -2.52.